The van der Waals surface area contributed by atoms with Crippen molar-refractivity contribution in [3.8, 4) is 0 Å². The molecule has 0 fully saturated rings. The lowest BCUT2D eigenvalue weighted by Crippen LogP contribution is -2.15. The maximum atomic E-state index is 12.4. The number of hydrogen-bond acceptors (Lipinski definition) is 3. The molecule has 0 aliphatic carbocycles. The molecule has 0 aliphatic rings. The molecule has 106 valence electrons. The molecule has 0 aliphatic heterocycles. The molecule has 1 N–H and O–H groups in total. The molecule has 7 heteroatoms. The van der Waals surface area contributed by atoms with Gasteiger partial charge in [-0.25, -0.2) is 13.4 Å². The van der Waals surface area contributed by atoms with Gasteiger partial charge in [-0.05, 0) is 65.7 Å². The van der Waals surface area contributed by atoms with E-state index in [0.717, 1.165) is 0 Å². The molecular weight excluding hydrogens is 364 g/mol. The van der Waals surface area contributed by atoms with Crippen molar-refractivity contribution in [2.75, 3.05) is 4.72 Å². The predicted octanol–water partition coefficient (Wildman–Crippen LogP) is 3.92. The van der Waals surface area contributed by atoms with E-state index in [1.54, 1.807) is 38.1 Å². The number of nitrogens with one attached hydrogen (secondary N) is 1. The van der Waals surface area contributed by atoms with Gasteiger partial charge in [-0.3, -0.25) is 4.72 Å². The monoisotopic (exact) mass is 374 g/mol. The first-order chi connectivity index (χ1) is 9.29. The van der Waals surface area contributed by atoms with Crippen LogP contribution in [0.3, 0.4) is 0 Å². The van der Waals surface area contributed by atoms with Crippen molar-refractivity contribution in [3.63, 3.8) is 0 Å². The minimum Gasteiger partial charge on any atom is -0.278 e. The van der Waals surface area contributed by atoms with E-state index in [-0.39, 0.29) is 4.90 Å². The van der Waals surface area contributed by atoms with Crippen LogP contribution < -0.4 is 4.72 Å². The molecule has 4 nitrogen and oxygen atoms in total. The lowest BCUT2D eigenvalue weighted by atomic mass is 10.2. The fourth-order valence-electron chi connectivity index (χ4n) is 1.75. The van der Waals surface area contributed by atoms with Gasteiger partial charge in [0.05, 0.1) is 16.3 Å². The minimum absolute atomic E-state index is 0.198. The van der Waals surface area contributed by atoms with Crippen molar-refractivity contribution in [1.29, 1.82) is 0 Å². The van der Waals surface area contributed by atoms with Crippen LogP contribution in [-0.4, -0.2) is 13.4 Å². The third kappa shape index (κ3) is 3.31. The highest BCUT2D eigenvalue weighted by Gasteiger charge is 2.18. The number of aryl methyl sites for hydroxylation is 2. The molecule has 0 amide bonds. The van der Waals surface area contributed by atoms with Gasteiger partial charge in [0.15, 0.2) is 0 Å². The molecular formula is C13H12BrClN2O2S. The molecule has 0 atom stereocenters. The zero-order chi connectivity index (χ0) is 14.9. The molecule has 0 radical (unpaired) electrons. The molecule has 2 rings (SSSR count). The molecule has 0 saturated heterocycles. The van der Waals surface area contributed by atoms with Crippen LogP contribution >= 0.6 is 27.5 Å². The van der Waals surface area contributed by atoms with Gasteiger partial charge in [0.25, 0.3) is 10.0 Å². The Balaban J connectivity index is 2.41. The molecule has 1 aromatic heterocycles. The van der Waals surface area contributed by atoms with Crippen LogP contribution in [0.4, 0.5) is 5.69 Å². The van der Waals surface area contributed by atoms with Gasteiger partial charge in [-0.1, -0.05) is 11.6 Å². The molecule has 0 saturated carbocycles. The molecule has 0 spiro atoms. The number of nitrogens with zero attached hydrogens (tertiary/aromatic N) is 1. The summed E-state index contributed by atoms with van der Waals surface area (Å²) in [5, 5.41) is 0.503. The van der Waals surface area contributed by atoms with Crippen molar-refractivity contribution < 1.29 is 8.42 Å². The SMILES string of the molecule is Cc1cc(Cl)ccc1S(=O)(=O)Nc1ccc(Br)nc1C. The topological polar surface area (TPSA) is 59.1 Å². The van der Waals surface area contributed by atoms with E-state index in [1.807, 2.05) is 0 Å². The number of pyridine rings is 1. The van der Waals surface area contributed by atoms with Crippen LogP contribution in [0.15, 0.2) is 39.8 Å². The van der Waals surface area contributed by atoms with E-state index in [2.05, 4.69) is 25.6 Å². The summed E-state index contributed by atoms with van der Waals surface area (Å²) in [4.78, 5) is 4.35. The third-order valence-electron chi connectivity index (χ3n) is 2.72. The van der Waals surface area contributed by atoms with Crippen molar-refractivity contribution in [3.05, 3.63) is 51.2 Å². The Morgan fingerprint density at radius 3 is 2.50 bits per heavy atom. The van der Waals surface area contributed by atoms with E-state index in [1.165, 1.54) is 6.07 Å². The average molecular weight is 376 g/mol. The smallest absolute Gasteiger partial charge is 0.262 e. The standard InChI is InChI=1S/C13H12BrClN2O2S/c1-8-7-10(15)3-5-12(8)20(18,19)17-11-4-6-13(14)16-9(11)2/h3-7,17H,1-2H3. The largest absolute Gasteiger partial charge is 0.278 e. The van der Waals surface area contributed by atoms with Crippen LogP contribution in [-0.2, 0) is 10.0 Å². The van der Waals surface area contributed by atoms with E-state index in [4.69, 9.17) is 11.6 Å². The van der Waals surface area contributed by atoms with Crippen molar-refractivity contribution >= 4 is 43.2 Å². The zero-order valence-electron chi connectivity index (χ0n) is 10.8. The van der Waals surface area contributed by atoms with Crippen LogP contribution in [0.1, 0.15) is 11.3 Å². The summed E-state index contributed by atoms with van der Waals surface area (Å²) >= 11 is 9.08. The predicted molar refractivity (Wildman–Crippen MR) is 83.7 cm³/mol. The molecule has 2 aromatic rings. The fourth-order valence-corrected chi connectivity index (χ4v) is 3.72. The highest BCUT2D eigenvalue weighted by Crippen LogP contribution is 2.24. The van der Waals surface area contributed by atoms with Gasteiger partial charge >= 0.3 is 0 Å². The quantitative estimate of drug-likeness (QED) is 0.827. The average Bonchev–Trinajstić information content (AvgIpc) is 2.32. The maximum absolute atomic E-state index is 12.4. The van der Waals surface area contributed by atoms with Crippen LogP contribution in [0.5, 0.6) is 0 Å². The molecule has 20 heavy (non-hydrogen) atoms. The highest BCUT2D eigenvalue weighted by atomic mass is 79.9. The highest BCUT2D eigenvalue weighted by molar-refractivity contribution is 9.10. The molecule has 1 aromatic carbocycles. The first kappa shape index (κ1) is 15.3. The number of rotatable bonds is 3. The van der Waals surface area contributed by atoms with Gasteiger partial charge in [0.1, 0.15) is 4.60 Å². The van der Waals surface area contributed by atoms with Gasteiger partial charge in [-0.2, -0.15) is 0 Å². The summed E-state index contributed by atoms with van der Waals surface area (Å²) in [6, 6.07) is 8.00. The lowest BCUT2D eigenvalue weighted by Gasteiger charge is -2.12. The lowest BCUT2D eigenvalue weighted by molar-refractivity contribution is 0.600. The van der Waals surface area contributed by atoms with E-state index in [0.29, 0.717) is 26.6 Å². The van der Waals surface area contributed by atoms with Gasteiger partial charge in [0.2, 0.25) is 0 Å². The summed E-state index contributed by atoms with van der Waals surface area (Å²) in [6.45, 7) is 3.43. The first-order valence-electron chi connectivity index (χ1n) is 5.72. The molecule has 1 heterocycles. The van der Waals surface area contributed by atoms with Gasteiger partial charge < -0.3 is 0 Å². The number of aromatic nitrogens is 1. The van der Waals surface area contributed by atoms with E-state index in [9.17, 15) is 8.42 Å². The van der Waals surface area contributed by atoms with Gasteiger partial charge in [0, 0.05) is 5.02 Å². The second-order valence-electron chi connectivity index (χ2n) is 4.28. The Morgan fingerprint density at radius 1 is 1.20 bits per heavy atom. The first-order valence-corrected chi connectivity index (χ1v) is 8.37. The Hall–Kier alpha value is -1.11. The normalized spacial score (nSPS) is 11.4. The van der Waals surface area contributed by atoms with Crippen LogP contribution in [0, 0.1) is 13.8 Å². The second-order valence-corrected chi connectivity index (χ2v) is 7.18. The van der Waals surface area contributed by atoms with Crippen molar-refractivity contribution in [2.45, 2.75) is 18.7 Å². The molecule has 0 bridgehead atoms. The van der Waals surface area contributed by atoms with Crippen LogP contribution in [0.2, 0.25) is 5.02 Å². The number of anilines is 1. The summed E-state index contributed by atoms with van der Waals surface area (Å²) in [7, 11) is -3.66. The Morgan fingerprint density at radius 2 is 1.90 bits per heavy atom. The minimum atomic E-state index is -3.66. The third-order valence-corrected chi connectivity index (χ3v) is 4.93. The Labute approximate surface area is 131 Å². The molecule has 0 unspecified atom stereocenters. The summed E-state index contributed by atoms with van der Waals surface area (Å²) in [6.07, 6.45) is 0. The summed E-state index contributed by atoms with van der Waals surface area (Å²) in [5.41, 5.74) is 1.63. The summed E-state index contributed by atoms with van der Waals surface area (Å²) in [5.74, 6) is 0. The zero-order valence-corrected chi connectivity index (χ0v) is 14.0. The van der Waals surface area contributed by atoms with Crippen molar-refractivity contribution in [1.82, 2.24) is 4.98 Å². The van der Waals surface area contributed by atoms with E-state index >= 15 is 0 Å². The van der Waals surface area contributed by atoms with Crippen molar-refractivity contribution in [2.24, 2.45) is 0 Å². The second kappa shape index (κ2) is 5.71. The Bertz CT molecular complexity index is 763. The number of sulfonamides is 1. The Kier molecular flexibility index (Phi) is 4.36. The van der Waals surface area contributed by atoms with E-state index < -0.39 is 10.0 Å². The van der Waals surface area contributed by atoms with Gasteiger partial charge in [-0.15, -0.1) is 0 Å². The van der Waals surface area contributed by atoms with Crippen LogP contribution in [0.25, 0.3) is 0 Å². The number of benzene rings is 1. The summed E-state index contributed by atoms with van der Waals surface area (Å²) < 4.78 is 27.9. The number of halogens is 2. The fraction of sp³-hybridized carbons (Fsp3) is 0.154. The number of hydrogen-bond donors (Lipinski definition) is 1. The maximum Gasteiger partial charge on any atom is 0.262 e.